The molecule has 2 nitrogen and oxygen atoms in total. The van der Waals surface area contributed by atoms with Crippen LogP contribution in [-0.2, 0) is 0 Å². The fourth-order valence-corrected chi connectivity index (χ4v) is 2.14. The van der Waals surface area contributed by atoms with Crippen LogP contribution in [0.15, 0.2) is 36.4 Å². The van der Waals surface area contributed by atoms with Crippen LogP contribution in [0.3, 0.4) is 0 Å². The first-order valence-corrected chi connectivity index (χ1v) is 5.93. The summed E-state index contributed by atoms with van der Waals surface area (Å²) < 4.78 is 5.17. The van der Waals surface area contributed by atoms with Crippen molar-refractivity contribution < 1.29 is 9.53 Å². The van der Waals surface area contributed by atoms with Crippen LogP contribution >= 0.6 is 11.6 Å². The summed E-state index contributed by atoms with van der Waals surface area (Å²) in [4.78, 5) is 10.8. The maximum atomic E-state index is 10.8. The number of carbonyl (C=O) groups excluding carboxylic acids is 1. The molecule has 0 fully saturated rings. The zero-order valence-corrected chi connectivity index (χ0v) is 11.0. The highest BCUT2D eigenvalue weighted by Crippen LogP contribution is 2.33. The second kappa shape index (κ2) is 5.23. The molecule has 0 N–H and O–H groups in total. The van der Waals surface area contributed by atoms with Gasteiger partial charge in [-0.3, -0.25) is 4.79 Å². The lowest BCUT2D eigenvalue weighted by atomic mass is 9.99. The molecule has 3 heteroatoms. The van der Waals surface area contributed by atoms with E-state index in [1.807, 2.05) is 37.3 Å². The first-order chi connectivity index (χ1) is 8.65. The van der Waals surface area contributed by atoms with Crippen LogP contribution in [0, 0.1) is 6.92 Å². The number of methoxy groups -OCH3 is 1. The van der Waals surface area contributed by atoms with Crippen molar-refractivity contribution in [3.63, 3.8) is 0 Å². The Morgan fingerprint density at radius 3 is 2.67 bits per heavy atom. The van der Waals surface area contributed by atoms with Gasteiger partial charge in [0.2, 0.25) is 0 Å². The van der Waals surface area contributed by atoms with Gasteiger partial charge in [-0.25, -0.2) is 0 Å². The number of carbonyl (C=O) groups is 1. The predicted molar refractivity (Wildman–Crippen MR) is 73.6 cm³/mol. The number of halogens is 1. The monoisotopic (exact) mass is 260 g/mol. The molecule has 0 atom stereocenters. The lowest BCUT2D eigenvalue weighted by Crippen LogP contribution is -1.90. The molecule has 0 aliphatic heterocycles. The Hall–Kier alpha value is -1.80. The average Bonchev–Trinajstić information content (AvgIpc) is 2.41. The molecule has 18 heavy (non-hydrogen) atoms. The quantitative estimate of drug-likeness (QED) is 0.776. The van der Waals surface area contributed by atoms with Crippen molar-refractivity contribution in [2.24, 2.45) is 0 Å². The Morgan fingerprint density at radius 1 is 1.22 bits per heavy atom. The van der Waals surface area contributed by atoms with Gasteiger partial charge in [-0.2, -0.15) is 0 Å². The van der Waals surface area contributed by atoms with Gasteiger partial charge < -0.3 is 4.74 Å². The molecule has 92 valence electrons. The minimum atomic E-state index is 0.564. The van der Waals surface area contributed by atoms with Gasteiger partial charge in [0.15, 0.2) is 0 Å². The summed E-state index contributed by atoms with van der Waals surface area (Å²) in [5, 5.41) is 0.564. The molecule has 0 saturated carbocycles. The van der Waals surface area contributed by atoms with Crippen LogP contribution in [0.25, 0.3) is 11.1 Å². The van der Waals surface area contributed by atoms with Gasteiger partial charge in [0.25, 0.3) is 0 Å². The number of aryl methyl sites for hydroxylation is 1. The first kappa shape index (κ1) is 12.7. The Labute approximate surface area is 111 Å². The van der Waals surface area contributed by atoms with Crippen molar-refractivity contribution in [3.05, 3.63) is 52.5 Å². The number of aldehydes is 1. The summed E-state index contributed by atoms with van der Waals surface area (Å²) in [5.41, 5.74) is 3.68. The van der Waals surface area contributed by atoms with E-state index in [4.69, 9.17) is 16.3 Å². The number of hydrogen-bond acceptors (Lipinski definition) is 2. The molecule has 0 aromatic heterocycles. The van der Waals surface area contributed by atoms with E-state index in [0.717, 1.165) is 23.0 Å². The number of ether oxygens (including phenoxy) is 1. The molecular formula is C15H13ClO2. The molecule has 0 aliphatic rings. The van der Waals surface area contributed by atoms with Gasteiger partial charge in [-0.05, 0) is 41.8 Å². The predicted octanol–water partition coefficient (Wildman–Crippen LogP) is 4.14. The summed E-state index contributed by atoms with van der Waals surface area (Å²) in [7, 11) is 1.59. The zero-order valence-electron chi connectivity index (χ0n) is 10.2. The first-order valence-electron chi connectivity index (χ1n) is 5.55. The van der Waals surface area contributed by atoms with E-state index in [1.165, 1.54) is 0 Å². The summed E-state index contributed by atoms with van der Waals surface area (Å²) in [6, 6.07) is 11.2. The van der Waals surface area contributed by atoms with E-state index in [1.54, 1.807) is 13.2 Å². The van der Waals surface area contributed by atoms with Crippen LogP contribution in [0.5, 0.6) is 5.75 Å². The molecule has 0 heterocycles. The van der Waals surface area contributed by atoms with Gasteiger partial charge in [0, 0.05) is 5.56 Å². The average molecular weight is 261 g/mol. The highest BCUT2D eigenvalue weighted by molar-refractivity contribution is 6.32. The molecule has 0 bridgehead atoms. The molecular weight excluding hydrogens is 248 g/mol. The van der Waals surface area contributed by atoms with Crippen molar-refractivity contribution in [1.82, 2.24) is 0 Å². The fraction of sp³-hybridized carbons (Fsp3) is 0.133. The SMILES string of the molecule is COc1cc(C)c(-c2cccc(C=O)c2)cc1Cl. The number of hydrogen-bond donors (Lipinski definition) is 0. The van der Waals surface area contributed by atoms with Gasteiger partial charge >= 0.3 is 0 Å². The Balaban J connectivity index is 2.56. The minimum absolute atomic E-state index is 0.564. The summed E-state index contributed by atoms with van der Waals surface area (Å²) >= 11 is 6.13. The third-order valence-corrected chi connectivity index (χ3v) is 3.13. The number of rotatable bonds is 3. The molecule has 0 aliphatic carbocycles. The summed E-state index contributed by atoms with van der Waals surface area (Å²) in [6.45, 7) is 1.99. The molecule has 0 saturated heterocycles. The Morgan fingerprint density at radius 2 is 2.00 bits per heavy atom. The summed E-state index contributed by atoms with van der Waals surface area (Å²) in [5.74, 6) is 0.657. The maximum absolute atomic E-state index is 10.8. The molecule has 0 unspecified atom stereocenters. The van der Waals surface area contributed by atoms with Gasteiger partial charge in [-0.1, -0.05) is 29.8 Å². The lowest BCUT2D eigenvalue weighted by molar-refractivity contribution is 0.112. The highest BCUT2D eigenvalue weighted by Gasteiger charge is 2.08. The van der Waals surface area contributed by atoms with Crippen LogP contribution in [-0.4, -0.2) is 13.4 Å². The van der Waals surface area contributed by atoms with Crippen molar-refractivity contribution in [3.8, 4) is 16.9 Å². The summed E-state index contributed by atoms with van der Waals surface area (Å²) in [6.07, 6.45) is 0.837. The van der Waals surface area contributed by atoms with Crippen LogP contribution < -0.4 is 4.74 Å². The van der Waals surface area contributed by atoms with E-state index in [2.05, 4.69) is 0 Å². The largest absolute Gasteiger partial charge is 0.495 e. The lowest BCUT2D eigenvalue weighted by Gasteiger charge is -2.10. The second-order valence-corrected chi connectivity index (χ2v) is 4.45. The second-order valence-electron chi connectivity index (χ2n) is 4.04. The van der Waals surface area contributed by atoms with Crippen molar-refractivity contribution >= 4 is 17.9 Å². The van der Waals surface area contributed by atoms with Crippen molar-refractivity contribution in [2.45, 2.75) is 6.92 Å². The van der Waals surface area contributed by atoms with Crippen LogP contribution in [0.1, 0.15) is 15.9 Å². The minimum Gasteiger partial charge on any atom is -0.495 e. The zero-order chi connectivity index (χ0) is 13.1. The molecule has 2 rings (SSSR count). The Bertz CT molecular complexity index is 591. The smallest absolute Gasteiger partial charge is 0.150 e. The fourth-order valence-electron chi connectivity index (χ4n) is 1.90. The Kier molecular flexibility index (Phi) is 3.68. The topological polar surface area (TPSA) is 26.3 Å². The normalized spacial score (nSPS) is 10.2. The molecule has 0 radical (unpaired) electrons. The molecule has 0 spiro atoms. The van der Waals surface area contributed by atoms with Crippen molar-refractivity contribution in [2.75, 3.05) is 7.11 Å². The highest BCUT2D eigenvalue weighted by atomic mass is 35.5. The molecule has 2 aromatic carbocycles. The molecule has 2 aromatic rings. The van der Waals surface area contributed by atoms with E-state index in [-0.39, 0.29) is 0 Å². The molecule has 0 amide bonds. The van der Waals surface area contributed by atoms with E-state index in [9.17, 15) is 4.79 Å². The van der Waals surface area contributed by atoms with Crippen molar-refractivity contribution in [1.29, 1.82) is 0 Å². The van der Waals surface area contributed by atoms with E-state index < -0.39 is 0 Å². The van der Waals surface area contributed by atoms with Crippen LogP contribution in [0.2, 0.25) is 5.02 Å². The van der Waals surface area contributed by atoms with Crippen LogP contribution in [0.4, 0.5) is 0 Å². The van der Waals surface area contributed by atoms with Gasteiger partial charge in [0.1, 0.15) is 12.0 Å². The van der Waals surface area contributed by atoms with Gasteiger partial charge in [0.05, 0.1) is 12.1 Å². The third-order valence-electron chi connectivity index (χ3n) is 2.83. The van der Waals surface area contributed by atoms with E-state index in [0.29, 0.717) is 16.3 Å². The van der Waals surface area contributed by atoms with Gasteiger partial charge in [-0.15, -0.1) is 0 Å². The number of benzene rings is 2. The van der Waals surface area contributed by atoms with E-state index >= 15 is 0 Å². The third kappa shape index (κ3) is 2.39. The standard InChI is InChI=1S/C15H13ClO2/c1-10-6-15(18-2)14(16)8-13(10)12-5-3-4-11(7-12)9-17/h3-9H,1-2H3. The maximum Gasteiger partial charge on any atom is 0.150 e.